The van der Waals surface area contributed by atoms with E-state index < -0.39 is 0 Å². The average molecular weight is 300 g/mol. The molecular weight excluding hydrogens is 281 g/mol. The summed E-state index contributed by atoms with van der Waals surface area (Å²) < 4.78 is 14.0. The van der Waals surface area contributed by atoms with E-state index in [4.69, 9.17) is 0 Å². The minimum Gasteiger partial charge on any atom is -0.369 e. The van der Waals surface area contributed by atoms with Gasteiger partial charge in [-0.1, -0.05) is 41.9 Å². The van der Waals surface area contributed by atoms with Gasteiger partial charge in [-0.2, -0.15) is 0 Å². The molecule has 0 atom stereocenters. The van der Waals surface area contributed by atoms with Crippen LogP contribution in [0.25, 0.3) is 0 Å². The Labute approximate surface area is 111 Å². The van der Waals surface area contributed by atoms with E-state index in [2.05, 4.69) is 34.7 Å². The van der Waals surface area contributed by atoms with Crippen LogP contribution in [0.4, 0.5) is 10.1 Å². The number of hydrogen-bond acceptors (Lipinski definition) is 1. The SMILES string of the molecule is CC1(C)CCN(c2c(F)cccc2CBr)CC1. The quantitative estimate of drug-likeness (QED) is 0.734. The van der Waals surface area contributed by atoms with Crippen molar-refractivity contribution in [1.29, 1.82) is 0 Å². The molecule has 0 N–H and O–H groups in total. The van der Waals surface area contributed by atoms with E-state index in [1.54, 1.807) is 12.1 Å². The van der Waals surface area contributed by atoms with Gasteiger partial charge in [0.2, 0.25) is 0 Å². The molecule has 0 unspecified atom stereocenters. The molecule has 0 saturated carbocycles. The molecule has 1 nitrogen and oxygen atoms in total. The monoisotopic (exact) mass is 299 g/mol. The lowest BCUT2D eigenvalue weighted by Crippen LogP contribution is -2.38. The highest BCUT2D eigenvalue weighted by molar-refractivity contribution is 9.08. The molecule has 94 valence electrons. The zero-order chi connectivity index (χ0) is 12.5. The molecule has 1 fully saturated rings. The van der Waals surface area contributed by atoms with Gasteiger partial charge in [0.1, 0.15) is 5.82 Å². The third-order valence-corrected chi connectivity index (χ3v) is 4.25. The molecule has 0 aromatic heterocycles. The zero-order valence-corrected chi connectivity index (χ0v) is 12.1. The number of nitrogens with zero attached hydrogens (tertiary/aromatic N) is 1. The Kier molecular flexibility index (Phi) is 3.76. The van der Waals surface area contributed by atoms with Crippen LogP contribution in [0.5, 0.6) is 0 Å². The molecule has 0 bridgehead atoms. The highest BCUT2D eigenvalue weighted by atomic mass is 79.9. The van der Waals surface area contributed by atoms with Crippen molar-refractivity contribution >= 4 is 21.6 Å². The van der Waals surface area contributed by atoms with E-state index >= 15 is 0 Å². The minimum absolute atomic E-state index is 0.0957. The first kappa shape index (κ1) is 12.9. The maximum Gasteiger partial charge on any atom is 0.146 e. The summed E-state index contributed by atoms with van der Waals surface area (Å²) in [7, 11) is 0. The lowest BCUT2D eigenvalue weighted by molar-refractivity contribution is 0.278. The van der Waals surface area contributed by atoms with E-state index in [-0.39, 0.29) is 5.82 Å². The van der Waals surface area contributed by atoms with E-state index in [0.717, 1.165) is 37.2 Å². The number of anilines is 1. The number of benzene rings is 1. The minimum atomic E-state index is -0.0957. The van der Waals surface area contributed by atoms with E-state index in [9.17, 15) is 4.39 Å². The molecule has 2 rings (SSSR count). The topological polar surface area (TPSA) is 3.24 Å². The van der Waals surface area contributed by atoms with Crippen LogP contribution in [0.1, 0.15) is 32.3 Å². The summed E-state index contributed by atoms with van der Waals surface area (Å²) in [5.41, 5.74) is 2.24. The van der Waals surface area contributed by atoms with Crippen LogP contribution in [0.3, 0.4) is 0 Å². The highest BCUT2D eigenvalue weighted by Crippen LogP contribution is 2.35. The van der Waals surface area contributed by atoms with Crippen LogP contribution >= 0.6 is 15.9 Å². The summed E-state index contributed by atoms with van der Waals surface area (Å²) in [5.74, 6) is -0.0957. The van der Waals surface area contributed by atoms with E-state index in [1.807, 2.05) is 6.07 Å². The number of piperidine rings is 1. The summed E-state index contributed by atoms with van der Waals surface area (Å²) in [5, 5.41) is 0.708. The van der Waals surface area contributed by atoms with Crippen LogP contribution in [0.15, 0.2) is 18.2 Å². The number of hydrogen-bond donors (Lipinski definition) is 0. The van der Waals surface area contributed by atoms with Gasteiger partial charge < -0.3 is 4.90 Å². The molecule has 0 radical (unpaired) electrons. The van der Waals surface area contributed by atoms with Crippen molar-refractivity contribution in [3.63, 3.8) is 0 Å². The first-order valence-corrected chi connectivity index (χ1v) is 7.24. The third-order valence-electron chi connectivity index (χ3n) is 3.65. The molecule has 1 aromatic carbocycles. The fourth-order valence-corrected chi connectivity index (χ4v) is 2.81. The molecule has 17 heavy (non-hydrogen) atoms. The lowest BCUT2D eigenvalue weighted by Gasteiger charge is -2.39. The Bertz CT molecular complexity index is 393. The normalized spacial score (nSPS) is 19.4. The molecule has 1 aliphatic heterocycles. The Hall–Kier alpha value is -0.570. The first-order chi connectivity index (χ1) is 8.03. The van der Waals surface area contributed by atoms with Gasteiger partial charge in [0.05, 0.1) is 5.69 Å². The fourth-order valence-electron chi connectivity index (χ4n) is 2.36. The van der Waals surface area contributed by atoms with Crippen molar-refractivity contribution in [3.05, 3.63) is 29.6 Å². The van der Waals surface area contributed by atoms with Crippen LogP contribution in [0, 0.1) is 11.2 Å². The summed E-state index contributed by atoms with van der Waals surface area (Å²) in [6.45, 7) is 6.48. The van der Waals surface area contributed by atoms with Gasteiger partial charge >= 0.3 is 0 Å². The Balaban J connectivity index is 2.23. The second-order valence-corrected chi connectivity index (χ2v) is 6.09. The second kappa shape index (κ2) is 4.97. The predicted octanol–water partition coefficient (Wildman–Crippen LogP) is 4.35. The number of halogens is 2. The molecule has 0 spiro atoms. The number of para-hydroxylation sites is 1. The van der Waals surface area contributed by atoms with Gasteiger partial charge in [-0.25, -0.2) is 4.39 Å². The maximum atomic E-state index is 14.0. The maximum absolute atomic E-state index is 14.0. The van der Waals surface area contributed by atoms with Crippen molar-refractivity contribution in [2.24, 2.45) is 5.41 Å². The van der Waals surface area contributed by atoms with Crippen molar-refractivity contribution in [1.82, 2.24) is 0 Å². The van der Waals surface area contributed by atoms with Crippen LogP contribution < -0.4 is 4.90 Å². The average Bonchev–Trinajstić information content (AvgIpc) is 2.29. The Morgan fingerprint density at radius 2 is 1.94 bits per heavy atom. The largest absolute Gasteiger partial charge is 0.369 e. The molecule has 0 amide bonds. The molecule has 1 saturated heterocycles. The predicted molar refractivity (Wildman–Crippen MR) is 74.3 cm³/mol. The molecule has 1 aromatic rings. The summed E-state index contributed by atoms with van der Waals surface area (Å²) in [6, 6.07) is 5.33. The van der Waals surface area contributed by atoms with Crippen molar-refractivity contribution < 1.29 is 4.39 Å². The summed E-state index contributed by atoms with van der Waals surface area (Å²) in [4.78, 5) is 2.19. The first-order valence-electron chi connectivity index (χ1n) is 6.12. The smallest absolute Gasteiger partial charge is 0.146 e. The van der Waals surface area contributed by atoms with Crippen molar-refractivity contribution in [3.8, 4) is 0 Å². The van der Waals surface area contributed by atoms with Gasteiger partial charge in [-0.3, -0.25) is 0 Å². The number of rotatable bonds is 2. The summed E-state index contributed by atoms with van der Waals surface area (Å²) >= 11 is 3.44. The van der Waals surface area contributed by atoms with Gasteiger partial charge in [0.15, 0.2) is 0 Å². The molecule has 1 aliphatic rings. The van der Waals surface area contributed by atoms with Crippen molar-refractivity contribution in [2.45, 2.75) is 32.0 Å². The Morgan fingerprint density at radius 1 is 1.29 bits per heavy atom. The van der Waals surface area contributed by atoms with Crippen LogP contribution in [-0.2, 0) is 5.33 Å². The molecule has 0 aliphatic carbocycles. The number of alkyl halides is 1. The standard InChI is InChI=1S/C14H19BrFN/c1-14(2)6-8-17(9-7-14)13-11(10-15)4-3-5-12(13)16/h3-5H,6-10H2,1-2H3. The zero-order valence-electron chi connectivity index (χ0n) is 10.5. The molecule has 3 heteroatoms. The van der Waals surface area contributed by atoms with Crippen molar-refractivity contribution in [2.75, 3.05) is 18.0 Å². The Morgan fingerprint density at radius 3 is 2.53 bits per heavy atom. The highest BCUT2D eigenvalue weighted by Gasteiger charge is 2.27. The molecular formula is C14H19BrFN. The van der Waals surface area contributed by atoms with Crippen LogP contribution in [0.2, 0.25) is 0 Å². The molecule has 1 heterocycles. The van der Waals surface area contributed by atoms with Crippen LogP contribution in [-0.4, -0.2) is 13.1 Å². The van der Waals surface area contributed by atoms with Gasteiger partial charge in [0, 0.05) is 18.4 Å². The third kappa shape index (κ3) is 2.82. The van der Waals surface area contributed by atoms with Gasteiger partial charge in [-0.05, 0) is 29.9 Å². The van der Waals surface area contributed by atoms with E-state index in [0.29, 0.717) is 10.7 Å². The fraction of sp³-hybridized carbons (Fsp3) is 0.571. The lowest BCUT2D eigenvalue weighted by atomic mass is 9.82. The van der Waals surface area contributed by atoms with E-state index in [1.165, 1.54) is 0 Å². The second-order valence-electron chi connectivity index (χ2n) is 5.53. The summed E-state index contributed by atoms with van der Waals surface area (Å²) in [6.07, 6.45) is 2.26. The van der Waals surface area contributed by atoms with Gasteiger partial charge in [0.25, 0.3) is 0 Å². The van der Waals surface area contributed by atoms with Gasteiger partial charge in [-0.15, -0.1) is 0 Å².